The molecule has 2 aliphatic carbocycles. The van der Waals surface area contributed by atoms with Crippen LogP contribution in [0.5, 0.6) is 0 Å². The Morgan fingerprint density at radius 2 is 1.21 bits per heavy atom. The number of hydrogen-bond acceptors (Lipinski definition) is 3. The fourth-order valence-corrected chi connectivity index (χ4v) is 8.55. The highest BCUT2D eigenvalue weighted by Gasteiger charge is 2.23. The van der Waals surface area contributed by atoms with Gasteiger partial charge in [-0.05, 0) is 108 Å². The van der Waals surface area contributed by atoms with Crippen molar-refractivity contribution in [2.45, 2.75) is 6.42 Å². The van der Waals surface area contributed by atoms with Gasteiger partial charge in [-0.2, -0.15) is 0 Å². The van der Waals surface area contributed by atoms with Gasteiger partial charge in [0.25, 0.3) is 0 Å². The van der Waals surface area contributed by atoms with Gasteiger partial charge in [0.2, 0.25) is 5.89 Å². The Bertz CT molecular complexity index is 3140. The largest absolute Gasteiger partial charge is 0.436 e. The second-order valence-electron chi connectivity index (χ2n) is 14.7. The van der Waals surface area contributed by atoms with Crippen LogP contribution in [0, 0.1) is 5.92 Å². The summed E-state index contributed by atoms with van der Waals surface area (Å²) < 4.78 is 8.82. The van der Waals surface area contributed by atoms with E-state index in [1.54, 1.807) is 0 Å². The lowest BCUT2D eigenvalue weighted by Gasteiger charge is -2.27. The van der Waals surface area contributed by atoms with Gasteiger partial charge in [0, 0.05) is 50.6 Å². The van der Waals surface area contributed by atoms with Crippen molar-refractivity contribution in [2.75, 3.05) is 4.90 Å². The quantitative estimate of drug-likeness (QED) is 0.164. The maximum Gasteiger partial charge on any atom is 0.227 e. The molecule has 2 heterocycles. The van der Waals surface area contributed by atoms with Gasteiger partial charge in [-0.15, -0.1) is 0 Å². The topological polar surface area (TPSA) is 34.2 Å². The Morgan fingerprint density at radius 3 is 2.02 bits per heavy atom. The highest BCUT2D eigenvalue weighted by atomic mass is 16.3. The first kappa shape index (κ1) is 33.0. The molecule has 4 nitrogen and oxygen atoms in total. The van der Waals surface area contributed by atoms with Gasteiger partial charge in [0.05, 0.1) is 11.0 Å². The minimum atomic E-state index is 0.271. The van der Waals surface area contributed by atoms with E-state index >= 15 is 0 Å². The number of aromatic nitrogens is 2. The molecular weight excluding hydrogens is 695 g/mol. The third-order valence-corrected chi connectivity index (χ3v) is 11.3. The summed E-state index contributed by atoms with van der Waals surface area (Å²) in [5.41, 5.74) is 14.5. The third kappa shape index (κ3) is 5.82. The SMILES string of the molecule is C1=CC2CC=c3nc(-c4ccccc4)oc3=C2C=C1c1ccc(N(c2cccc(-c3ccccc3)c2)c2ccc3c(c2)c2ccccc2n3-c2ccccc2)cc1. The van der Waals surface area contributed by atoms with E-state index in [1.165, 1.54) is 38.5 Å². The van der Waals surface area contributed by atoms with Crippen molar-refractivity contribution < 1.29 is 4.42 Å². The molecule has 0 amide bonds. The Balaban J connectivity index is 1.03. The van der Waals surface area contributed by atoms with Crippen LogP contribution >= 0.6 is 0 Å². The number of rotatable bonds is 7. The number of allylic oxidation sites excluding steroid dienone is 4. The van der Waals surface area contributed by atoms with E-state index in [1.807, 2.05) is 30.3 Å². The van der Waals surface area contributed by atoms with Crippen molar-refractivity contribution in [3.63, 3.8) is 0 Å². The second kappa shape index (κ2) is 13.7. The Morgan fingerprint density at radius 1 is 0.544 bits per heavy atom. The van der Waals surface area contributed by atoms with Crippen molar-refractivity contribution in [3.05, 3.63) is 217 Å². The van der Waals surface area contributed by atoms with Crippen LogP contribution in [0.1, 0.15) is 12.0 Å². The van der Waals surface area contributed by atoms with E-state index in [-0.39, 0.29) is 5.92 Å². The number of nitrogens with zero attached hydrogens (tertiary/aromatic N) is 3. The number of para-hydroxylation sites is 2. The van der Waals surface area contributed by atoms with Crippen molar-refractivity contribution >= 4 is 56.1 Å². The predicted octanol–water partition coefficient (Wildman–Crippen LogP) is 12.2. The number of fused-ring (bicyclic) bond motifs is 5. The van der Waals surface area contributed by atoms with Crippen LogP contribution in [0.3, 0.4) is 0 Å². The lowest BCUT2D eigenvalue weighted by atomic mass is 9.85. The molecule has 0 fully saturated rings. The smallest absolute Gasteiger partial charge is 0.227 e. The maximum absolute atomic E-state index is 6.45. The molecule has 0 saturated heterocycles. The molecule has 1 atom stereocenters. The van der Waals surface area contributed by atoms with E-state index in [9.17, 15) is 0 Å². The summed E-state index contributed by atoms with van der Waals surface area (Å²) in [5, 5.41) is 3.37. The second-order valence-corrected chi connectivity index (χ2v) is 14.7. The molecule has 0 N–H and O–H groups in total. The normalized spacial score (nSPS) is 14.6. The van der Waals surface area contributed by atoms with E-state index in [0.29, 0.717) is 5.89 Å². The maximum atomic E-state index is 6.45. The van der Waals surface area contributed by atoms with Gasteiger partial charge in [0.1, 0.15) is 5.35 Å². The van der Waals surface area contributed by atoms with Gasteiger partial charge in [-0.1, -0.05) is 127 Å². The minimum Gasteiger partial charge on any atom is -0.436 e. The molecular formula is C53H37N3O. The molecule has 270 valence electrons. The summed E-state index contributed by atoms with van der Waals surface area (Å²) in [4.78, 5) is 7.25. The lowest BCUT2D eigenvalue weighted by Crippen LogP contribution is -2.31. The Kier molecular flexibility index (Phi) is 7.92. The van der Waals surface area contributed by atoms with Crippen LogP contribution < -0.4 is 15.7 Å². The molecule has 1 unspecified atom stereocenters. The van der Waals surface area contributed by atoms with Crippen molar-refractivity contribution in [1.82, 2.24) is 9.55 Å². The average molecular weight is 732 g/mol. The minimum absolute atomic E-state index is 0.271. The van der Waals surface area contributed by atoms with Gasteiger partial charge in [-0.3, -0.25) is 0 Å². The Hall–Kier alpha value is -7.43. The molecule has 0 spiro atoms. The highest BCUT2D eigenvalue weighted by Crippen LogP contribution is 2.41. The Labute approximate surface area is 330 Å². The standard InChI is InChI=1S/C53H37N3O/c1-4-13-36(14-5-1)40-17-12-20-44(33-40)55(45-30-32-51-48(35-45)46-21-10-11-22-50(46)56(51)42-18-8-3-9-19-42)43-28-25-37(26-29-43)41-24-23-38-27-31-49-52(47(38)34-41)57-53(54-49)39-15-6-2-7-16-39/h1-26,28-35,38H,27H2. The van der Waals surface area contributed by atoms with E-state index in [4.69, 9.17) is 9.40 Å². The first-order valence-corrected chi connectivity index (χ1v) is 19.6. The van der Waals surface area contributed by atoms with Crippen LogP contribution in [0.2, 0.25) is 0 Å². The van der Waals surface area contributed by atoms with Crippen LogP contribution in [0.4, 0.5) is 17.1 Å². The van der Waals surface area contributed by atoms with Crippen LogP contribution in [-0.4, -0.2) is 9.55 Å². The van der Waals surface area contributed by atoms with Gasteiger partial charge in [-0.25, -0.2) is 4.98 Å². The van der Waals surface area contributed by atoms with Crippen molar-refractivity contribution in [3.8, 4) is 28.3 Å². The molecule has 11 rings (SSSR count). The van der Waals surface area contributed by atoms with Crippen LogP contribution in [0.25, 0.3) is 67.3 Å². The van der Waals surface area contributed by atoms with Crippen molar-refractivity contribution in [2.24, 2.45) is 5.92 Å². The molecule has 0 bridgehead atoms. The lowest BCUT2D eigenvalue weighted by molar-refractivity contribution is 0.531. The third-order valence-electron chi connectivity index (χ3n) is 11.3. The number of benzene rings is 7. The first-order chi connectivity index (χ1) is 28.2. The molecule has 2 aliphatic rings. The van der Waals surface area contributed by atoms with E-state index < -0.39 is 0 Å². The molecule has 2 aromatic heterocycles. The number of anilines is 3. The van der Waals surface area contributed by atoms with Gasteiger partial charge < -0.3 is 13.9 Å². The summed E-state index contributed by atoms with van der Waals surface area (Å²) in [6.07, 6.45) is 9.98. The predicted molar refractivity (Wildman–Crippen MR) is 235 cm³/mol. The summed E-state index contributed by atoms with van der Waals surface area (Å²) in [7, 11) is 0. The zero-order valence-electron chi connectivity index (χ0n) is 31.2. The molecule has 0 radical (unpaired) electrons. The molecule has 0 aliphatic heterocycles. The molecule has 57 heavy (non-hydrogen) atoms. The highest BCUT2D eigenvalue weighted by molar-refractivity contribution is 6.10. The van der Waals surface area contributed by atoms with E-state index in [2.05, 4.69) is 185 Å². The molecule has 7 aromatic carbocycles. The number of oxazole rings is 1. The summed E-state index contributed by atoms with van der Waals surface area (Å²) in [5.74, 6) is 0.935. The summed E-state index contributed by atoms with van der Waals surface area (Å²) >= 11 is 0. The molecule has 4 heteroatoms. The van der Waals surface area contributed by atoms with Gasteiger partial charge in [0.15, 0.2) is 5.42 Å². The zero-order valence-corrected chi connectivity index (χ0v) is 31.2. The van der Waals surface area contributed by atoms with Gasteiger partial charge >= 0.3 is 0 Å². The zero-order chi connectivity index (χ0) is 37.7. The monoisotopic (exact) mass is 731 g/mol. The van der Waals surface area contributed by atoms with Crippen LogP contribution in [-0.2, 0) is 0 Å². The summed E-state index contributed by atoms with van der Waals surface area (Å²) in [6, 6.07) is 64.8. The summed E-state index contributed by atoms with van der Waals surface area (Å²) in [6.45, 7) is 0. The molecule has 0 saturated carbocycles. The van der Waals surface area contributed by atoms with Crippen LogP contribution in [0.15, 0.2) is 205 Å². The van der Waals surface area contributed by atoms with E-state index in [0.717, 1.165) is 56.6 Å². The average Bonchev–Trinajstić information content (AvgIpc) is 3.88. The fourth-order valence-electron chi connectivity index (χ4n) is 8.55. The van der Waals surface area contributed by atoms with Crippen molar-refractivity contribution in [1.29, 1.82) is 0 Å². The molecule has 9 aromatic rings. The first-order valence-electron chi connectivity index (χ1n) is 19.6. The fraction of sp³-hybridized carbons (Fsp3) is 0.0377. The number of hydrogen-bond donors (Lipinski definition) is 0.